The van der Waals surface area contributed by atoms with Crippen LogP contribution in [0.5, 0.6) is 0 Å². The SMILES string of the molecule is [CH]1[CH][CH][C](C([C]2[C]3C=CC=C[C]3[C]3C=CC=C[C]32)(c2ccccc2)c2ccccc2)[CH]1.[Cl-].[Cl-].[Ti+4]. The molecular weight excluding hydrogens is 491 g/mol. The van der Waals surface area contributed by atoms with Crippen molar-refractivity contribution >= 4 is 0 Å². The zero-order chi connectivity index (χ0) is 20.7. The summed E-state index contributed by atoms with van der Waals surface area (Å²) < 4.78 is 0. The van der Waals surface area contributed by atoms with E-state index in [0.717, 1.165) is 0 Å². The molecule has 0 N–H and O–H groups in total. The maximum Gasteiger partial charge on any atom is 4.00 e. The van der Waals surface area contributed by atoms with Gasteiger partial charge in [0.05, 0.1) is 0 Å². The van der Waals surface area contributed by atoms with Crippen LogP contribution in [-0.2, 0) is 27.1 Å². The Hall–Kier alpha value is -1.31. The summed E-state index contributed by atoms with van der Waals surface area (Å²) in [5.74, 6) is 7.93. The Morgan fingerprint density at radius 1 is 0.471 bits per heavy atom. The van der Waals surface area contributed by atoms with Gasteiger partial charge in [-0.2, -0.15) is 0 Å². The molecule has 4 aliphatic rings. The molecule has 34 heavy (non-hydrogen) atoms. The minimum Gasteiger partial charge on any atom is -1.00 e. The quantitative estimate of drug-likeness (QED) is 0.524. The average Bonchev–Trinajstić information content (AvgIpc) is 3.49. The van der Waals surface area contributed by atoms with E-state index in [1.165, 1.54) is 46.6 Å². The van der Waals surface area contributed by atoms with Crippen LogP contribution in [0.25, 0.3) is 0 Å². The number of allylic oxidation sites excluding steroid dienone is 8. The number of hydrogen-bond donors (Lipinski definition) is 0. The van der Waals surface area contributed by atoms with Gasteiger partial charge in [-0.3, -0.25) is 0 Å². The fourth-order valence-electron chi connectivity index (χ4n) is 5.35. The summed E-state index contributed by atoms with van der Waals surface area (Å²) in [7, 11) is 0. The van der Waals surface area contributed by atoms with Crippen molar-refractivity contribution in [2.45, 2.75) is 5.41 Å². The van der Waals surface area contributed by atoms with Crippen LogP contribution in [0.2, 0.25) is 0 Å². The topological polar surface area (TPSA) is 0 Å². The molecule has 6 rings (SSSR count). The van der Waals surface area contributed by atoms with Gasteiger partial charge in [0.1, 0.15) is 0 Å². The van der Waals surface area contributed by atoms with Gasteiger partial charge in [-0.05, 0) is 42.7 Å². The molecule has 3 heteroatoms. The molecule has 0 unspecified atom stereocenters. The third-order valence-electron chi connectivity index (χ3n) is 6.57. The largest absolute Gasteiger partial charge is 4.00 e. The molecule has 2 fully saturated rings. The Bertz CT molecular complexity index is 960. The molecule has 2 saturated carbocycles. The van der Waals surface area contributed by atoms with Gasteiger partial charge in [-0.1, -0.05) is 109 Å². The summed E-state index contributed by atoms with van der Waals surface area (Å²) in [5, 5.41) is 0. The van der Waals surface area contributed by atoms with Crippen LogP contribution in [0, 0.1) is 61.2 Å². The zero-order valence-electron chi connectivity index (χ0n) is 18.5. The van der Waals surface area contributed by atoms with Crippen LogP contribution in [0.3, 0.4) is 0 Å². The normalized spacial score (nSPS) is 20.9. The first-order valence-corrected chi connectivity index (χ1v) is 10.8. The molecule has 0 aromatic heterocycles. The van der Waals surface area contributed by atoms with Crippen molar-refractivity contribution in [3.63, 3.8) is 0 Å². The second-order valence-corrected chi connectivity index (χ2v) is 8.12. The first kappa shape index (κ1) is 27.3. The van der Waals surface area contributed by atoms with Crippen LogP contribution in [0.4, 0.5) is 0 Å². The van der Waals surface area contributed by atoms with Crippen molar-refractivity contribution in [2.24, 2.45) is 0 Å². The second-order valence-electron chi connectivity index (χ2n) is 8.12. The average molecular weight is 513 g/mol. The summed E-state index contributed by atoms with van der Waals surface area (Å²) >= 11 is 0. The van der Waals surface area contributed by atoms with E-state index in [1.807, 2.05) is 0 Å². The molecule has 0 heterocycles. The number of fused-ring (bicyclic) bond motifs is 3. The summed E-state index contributed by atoms with van der Waals surface area (Å²) in [6.45, 7) is 0. The molecule has 0 spiro atoms. The first-order chi connectivity index (χ1) is 15.4. The maximum atomic E-state index is 2.29. The summed E-state index contributed by atoms with van der Waals surface area (Å²) in [4.78, 5) is 0. The molecule has 4 aliphatic carbocycles. The van der Waals surface area contributed by atoms with E-state index in [2.05, 4.69) is 135 Å². The zero-order valence-corrected chi connectivity index (χ0v) is 21.5. The van der Waals surface area contributed by atoms with Crippen molar-refractivity contribution in [2.75, 3.05) is 0 Å². The van der Waals surface area contributed by atoms with Crippen molar-refractivity contribution in [1.82, 2.24) is 0 Å². The van der Waals surface area contributed by atoms with Gasteiger partial charge in [0.25, 0.3) is 0 Å². The molecule has 0 aliphatic heterocycles. The molecule has 0 atom stereocenters. The summed E-state index contributed by atoms with van der Waals surface area (Å²) in [6.07, 6.45) is 26.6. The molecule has 0 saturated heterocycles. The van der Waals surface area contributed by atoms with Crippen LogP contribution < -0.4 is 24.8 Å². The number of benzene rings is 2. The molecule has 2 aromatic rings. The van der Waals surface area contributed by atoms with Gasteiger partial charge in [-0.25, -0.2) is 0 Å². The van der Waals surface area contributed by atoms with E-state index >= 15 is 0 Å². The molecule has 0 nitrogen and oxygen atoms in total. The third kappa shape index (κ3) is 4.26. The van der Waals surface area contributed by atoms with E-state index in [4.69, 9.17) is 0 Å². The Balaban J connectivity index is 0.00000108. The van der Waals surface area contributed by atoms with Gasteiger partial charge in [0.2, 0.25) is 0 Å². The molecular formula is C31H22Cl2Ti+2. The summed E-state index contributed by atoms with van der Waals surface area (Å²) in [6, 6.07) is 21.9. The minimum absolute atomic E-state index is 0. The van der Waals surface area contributed by atoms with Gasteiger partial charge >= 0.3 is 21.7 Å². The number of hydrogen-bond acceptors (Lipinski definition) is 0. The Kier molecular flexibility index (Phi) is 9.32. The number of rotatable bonds is 4. The van der Waals surface area contributed by atoms with Gasteiger partial charge in [0.15, 0.2) is 0 Å². The molecule has 162 valence electrons. The predicted octanol–water partition coefficient (Wildman–Crippen LogP) is 0.522. The van der Waals surface area contributed by atoms with Gasteiger partial charge in [-0.15, -0.1) is 0 Å². The van der Waals surface area contributed by atoms with Crippen LogP contribution in [-0.4, -0.2) is 0 Å². The maximum absolute atomic E-state index is 2.29. The molecule has 0 bridgehead atoms. The monoisotopic (exact) mass is 512 g/mol. The first-order valence-electron chi connectivity index (χ1n) is 10.8. The smallest absolute Gasteiger partial charge is 1.00 e. The standard InChI is InChI=1S/C31H22.2ClH.Ti/c1-3-13-23(14-4-1)31(25-17-7-8-18-25,24-15-5-2-6-16-24)30-28-21-11-9-19-26(28)27-20-10-12-22-29(27)30;;;/h1-22H;2*1H;/q;;;+4/p-2. The second kappa shape index (κ2) is 11.6. The van der Waals surface area contributed by atoms with Crippen LogP contribution >= 0.6 is 0 Å². The molecule has 0 amide bonds. The van der Waals surface area contributed by atoms with E-state index in [1.54, 1.807) is 0 Å². The van der Waals surface area contributed by atoms with Gasteiger partial charge < -0.3 is 24.8 Å². The fourth-order valence-corrected chi connectivity index (χ4v) is 5.35. The van der Waals surface area contributed by atoms with Crippen molar-refractivity contribution in [3.8, 4) is 0 Å². The Labute approximate surface area is 232 Å². The fraction of sp³-hybridized carbons (Fsp3) is 0.0323. The molecule has 10 radical (unpaired) electrons. The van der Waals surface area contributed by atoms with Crippen LogP contribution in [0.1, 0.15) is 11.1 Å². The van der Waals surface area contributed by atoms with E-state index in [9.17, 15) is 0 Å². The Morgan fingerprint density at radius 2 is 0.853 bits per heavy atom. The van der Waals surface area contributed by atoms with Crippen molar-refractivity contribution in [3.05, 3.63) is 182 Å². The minimum atomic E-state index is -0.408. The van der Waals surface area contributed by atoms with E-state index in [-0.39, 0.29) is 46.5 Å². The molecule has 2 aromatic carbocycles. The summed E-state index contributed by atoms with van der Waals surface area (Å²) in [5.41, 5.74) is 2.16. The van der Waals surface area contributed by atoms with Gasteiger partial charge in [0, 0.05) is 35.0 Å². The van der Waals surface area contributed by atoms with Crippen LogP contribution in [0.15, 0.2) is 109 Å². The predicted molar refractivity (Wildman–Crippen MR) is 127 cm³/mol. The van der Waals surface area contributed by atoms with E-state index < -0.39 is 5.41 Å². The van der Waals surface area contributed by atoms with E-state index in [0.29, 0.717) is 0 Å². The third-order valence-corrected chi connectivity index (χ3v) is 6.57. The number of halogens is 2. The van der Waals surface area contributed by atoms with Crippen molar-refractivity contribution < 1.29 is 46.5 Å². The van der Waals surface area contributed by atoms with Crippen molar-refractivity contribution in [1.29, 1.82) is 0 Å². The Morgan fingerprint density at radius 3 is 1.26 bits per heavy atom.